The zero-order valence-electron chi connectivity index (χ0n) is 17.2. The Labute approximate surface area is 175 Å². The normalized spacial score (nSPS) is 16.8. The maximum Gasteiger partial charge on any atom is 0.278 e. The Morgan fingerprint density at radius 2 is 1.87 bits per heavy atom. The van der Waals surface area contributed by atoms with E-state index < -0.39 is 17.4 Å². The Morgan fingerprint density at radius 1 is 1.20 bits per heavy atom. The number of aliphatic hydroxyl groups is 1. The number of carbonyl (C=O) groups is 1. The number of hydrogen-bond acceptors (Lipinski definition) is 7. The standard InChI is InChI=1S/C22H25N3O5/c1-14(26)20(24-28)22(27)23-13-25-10-9-16-11-18(29-2)19(30-3)12-17(16)21(25)15-7-5-4-6-8-15/h4-8,11-12,21,26H,9-10,13H2,1-3H3,(H,23,27)/b20-14+. The summed E-state index contributed by atoms with van der Waals surface area (Å²) in [7, 11) is 3.21. The van der Waals surface area contributed by atoms with Gasteiger partial charge in [-0.25, -0.2) is 0 Å². The number of benzene rings is 2. The van der Waals surface area contributed by atoms with E-state index in [1.165, 1.54) is 6.92 Å². The van der Waals surface area contributed by atoms with E-state index in [1.54, 1.807) is 14.2 Å². The summed E-state index contributed by atoms with van der Waals surface area (Å²) in [5, 5.41) is 14.8. The maximum atomic E-state index is 12.2. The number of allylic oxidation sites excluding steroid dienone is 1. The molecule has 0 aromatic heterocycles. The van der Waals surface area contributed by atoms with Crippen LogP contribution in [0.5, 0.6) is 11.5 Å². The van der Waals surface area contributed by atoms with E-state index in [4.69, 9.17) is 9.47 Å². The molecule has 8 nitrogen and oxygen atoms in total. The SMILES string of the molecule is COc1cc2c(cc1OC)C(c1ccccc1)N(CNC(=O)/C(N=O)=C(/C)O)CC2. The molecule has 0 radical (unpaired) electrons. The van der Waals surface area contributed by atoms with Gasteiger partial charge < -0.3 is 19.9 Å². The molecule has 0 spiro atoms. The molecule has 0 fully saturated rings. The lowest BCUT2D eigenvalue weighted by atomic mass is 9.88. The second kappa shape index (κ2) is 9.41. The molecule has 1 aliphatic heterocycles. The van der Waals surface area contributed by atoms with Crippen LogP contribution in [0.25, 0.3) is 0 Å². The largest absolute Gasteiger partial charge is 0.510 e. The first-order chi connectivity index (χ1) is 14.5. The first-order valence-electron chi connectivity index (χ1n) is 9.55. The van der Waals surface area contributed by atoms with Crippen molar-refractivity contribution in [3.05, 3.63) is 75.5 Å². The van der Waals surface area contributed by atoms with E-state index in [0.29, 0.717) is 18.0 Å². The van der Waals surface area contributed by atoms with Crippen LogP contribution < -0.4 is 14.8 Å². The van der Waals surface area contributed by atoms with E-state index in [-0.39, 0.29) is 12.7 Å². The van der Waals surface area contributed by atoms with Gasteiger partial charge in [0.15, 0.2) is 11.5 Å². The average Bonchev–Trinajstić information content (AvgIpc) is 2.76. The fourth-order valence-electron chi connectivity index (χ4n) is 3.72. The molecular weight excluding hydrogens is 386 g/mol. The van der Waals surface area contributed by atoms with Gasteiger partial charge in [0.25, 0.3) is 5.91 Å². The maximum absolute atomic E-state index is 12.2. The molecule has 0 saturated heterocycles. The third-order valence-corrected chi connectivity index (χ3v) is 5.18. The van der Waals surface area contributed by atoms with Crippen molar-refractivity contribution in [1.82, 2.24) is 10.2 Å². The zero-order chi connectivity index (χ0) is 21.7. The van der Waals surface area contributed by atoms with Gasteiger partial charge in [0.1, 0.15) is 5.76 Å². The number of rotatable bonds is 7. The highest BCUT2D eigenvalue weighted by Crippen LogP contribution is 2.40. The fraction of sp³-hybridized carbons (Fsp3) is 0.318. The molecule has 2 aromatic rings. The van der Waals surface area contributed by atoms with Crippen LogP contribution in [0.3, 0.4) is 0 Å². The quantitative estimate of drug-likeness (QED) is 0.412. The van der Waals surface area contributed by atoms with Crippen LogP contribution in [0.1, 0.15) is 29.7 Å². The van der Waals surface area contributed by atoms with E-state index in [0.717, 1.165) is 23.1 Å². The predicted octanol–water partition coefficient (Wildman–Crippen LogP) is 3.28. The van der Waals surface area contributed by atoms with Crippen LogP contribution in [0.2, 0.25) is 0 Å². The number of fused-ring (bicyclic) bond motifs is 1. The predicted molar refractivity (Wildman–Crippen MR) is 112 cm³/mol. The molecule has 0 saturated carbocycles. The molecule has 1 heterocycles. The fourth-order valence-corrected chi connectivity index (χ4v) is 3.72. The van der Waals surface area contributed by atoms with Crippen molar-refractivity contribution < 1.29 is 19.4 Å². The van der Waals surface area contributed by atoms with Crippen molar-refractivity contribution in [1.29, 1.82) is 0 Å². The van der Waals surface area contributed by atoms with Gasteiger partial charge in [-0.3, -0.25) is 9.69 Å². The number of nitroso groups, excluding NO2 is 1. The highest BCUT2D eigenvalue weighted by atomic mass is 16.5. The number of nitrogens with one attached hydrogen (secondary N) is 1. The highest BCUT2D eigenvalue weighted by Gasteiger charge is 2.31. The summed E-state index contributed by atoms with van der Waals surface area (Å²) < 4.78 is 10.9. The van der Waals surface area contributed by atoms with Gasteiger partial charge in [-0.2, -0.15) is 0 Å². The number of aliphatic hydroxyl groups excluding tert-OH is 1. The molecule has 30 heavy (non-hydrogen) atoms. The molecule has 2 N–H and O–H groups in total. The first kappa shape index (κ1) is 21.3. The number of hydrogen-bond donors (Lipinski definition) is 2. The molecule has 1 atom stereocenters. The minimum Gasteiger partial charge on any atom is -0.510 e. The van der Waals surface area contributed by atoms with Gasteiger partial charge in [-0.05, 0) is 47.3 Å². The van der Waals surface area contributed by atoms with Crippen LogP contribution in [-0.4, -0.2) is 43.3 Å². The minimum absolute atomic E-state index is 0.137. The Hall–Kier alpha value is -3.39. The third kappa shape index (κ3) is 4.28. The number of carbonyl (C=O) groups excluding carboxylic acids is 1. The van der Waals surface area contributed by atoms with Crippen LogP contribution in [0.15, 0.2) is 59.1 Å². The van der Waals surface area contributed by atoms with Crippen molar-refractivity contribution in [2.75, 3.05) is 27.4 Å². The molecule has 2 aromatic carbocycles. The highest BCUT2D eigenvalue weighted by molar-refractivity contribution is 5.93. The lowest BCUT2D eigenvalue weighted by Crippen LogP contribution is -2.44. The molecule has 1 unspecified atom stereocenters. The third-order valence-electron chi connectivity index (χ3n) is 5.18. The van der Waals surface area contributed by atoms with Crippen LogP contribution in [0.4, 0.5) is 0 Å². The van der Waals surface area contributed by atoms with Crippen LogP contribution in [0, 0.1) is 4.91 Å². The topological polar surface area (TPSA) is 100 Å². The second-order valence-corrected chi connectivity index (χ2v) is 6.97. The molecule has 8 heteroatoms. The summed E-state index contributed by atoms with van der Waals surface area (Å²) in [6.07, 6.45) is 0.753. The van der Waals surface area contributed by atoms with Gasteiger partial charge in [0.2, 0.25) is 5.70 Å². The van der Waals surface area contributed by atoms with E-state index >= 15 is 0 Å². The second-order valence-electron chi connectivity index (χ2n) is 6.97. The molecular formula is C22H25N3O5. The molecule has 1 aliphatic rings. The van der Waals surface area contributed by atoms with Gasteiger partial charge in [-0.15, -0.1) is 4.91 Å². The number of nitrogens with zero attached hydrogens (tertiary/aromatic N) is 2. The smallest absolute Gasteiger partial charge is 0.278 e. The Morgan fingerprint density at radius 3 is 2.47 bits per heavy atom. The minimum atomic E-state index is -0.713. The van der Waals surface area contributed by atoms with E-state index in [1.807, 2.05) is 42.5 Å². The summed E-state index contributed by atoms with van der Waals surface area (Å²) in [6.45, 7) is 2.10. The number of amides is 1. The van der Waals surface area contributed by atoms with Gasteiger partial charge in [0, 0.05) is 6.54 Å². The summed E-state index contributed by atoms with van der Waals surface area (Å²) in [5.74, 6) is 0.183. The summed E-state index contributed by atoms with van der Waals surface area (Å²) in [5.41, 5.74) is 2.74. The lowest BCUT2D eigenvalue weighted by Gasteiger charge is -2.38. The molecule has 3 rings (SSSR count). The Bertz CT molecular complexity index is 955. The summed E-state index contributed by atoms with van der Waals surface area (Å²) in [6, 6.07) is 13.8. The molecule has 158 valence electrons. The summed E-state index contributed by atoms with van der Waals surface area (Å²) in [4.78, 5) is 25.2. The van der Waals surface area contributed by atoms with E-state index in [9.17, 15) is 14.8 Å². The summed E-state index contributed by atoms with van der Waals surface area (Å²) >= 11 is 0. The lowest BCUT2D eigenvalue weighted by molar-refractivity contribution is -0.118. The van der Waals surface area contributed by atoms with Crippen molar-refractivity contribution in [2.45, 2.75) is 19.4 Å². The van der Waals surface area contributed by atoms with Gasteiger partial charge in [0.05, 0.1) is 26.9 Å². The Balaban J connectivity index is 1.96. The number of methoxy groups -OCH3 is 2. The molecule has 0 bridgehead atoms. The Kier molecular flexibility index (Phi) is 6.68. The molecule has 1 amide bonds. The average molecular weight is 411 g/mol. The van der Waals surface area contributed by atoms with Crippen molar-refractivity contribution >= 4 is 5.91 Å². The number of ether oxygens (including phenoxy) is 2. The van der Waals surface area contributed by atoms with Gasteiger partial charge >= 0.3 is 0 Å². The van der Waals surface area contributed by atoms with Crippen molar-refractivity contribution in [2.24, 2.45) is 5.18 Å². The first-order valence-corrected chi connectivity index (χ1v) is 9.55. The zero-order valence-corrected chi connectivity index (χ0v) is 17.2. The van der Waals surface area contributed by atoms with Gasteiger partial charge in [-0.1, -0.05) is 30.3 Å². The molecule has 0 aliphatic carbocycles. The monoisotopic (exact) mass is 411 g/mol. The van der Waals surface area contributed by atoms with Crippen LogP contribution >= 0.6 is 0 Å². The van der Waals surface area contributed by atoms with E-state index in [2.05, 4.69) is 15.4 Å². The van der Waals surface area contributed by atoms with Crippen LogP contribution in [-0.2, 0) is 11.2 Å². The van der Waals surface area contributed by atoms with Crippen molar-refractivity contribution in [3.63, 3.8) is 0 Å². The van der Waals surface area contributed by atoms with Crippen molar-refractivity contribution in [3.8, 4) is 11.5 Å².